The van der Waals surface area contributed by atoms with Gasteiger partial charge in [0.05, 0.1) is 6.61 Å². The first-order chi connectivity index (χ1) is 6.15. The average molecular weight is 185 g/mol. The molecule has 0 aliphatic heterocycles. The summed E-state index contributed by atoms with van der Waals surface area (Å²) in [7, 11) is 0. The molecule has 0 saturated carbocycles. The molecule has 0 amide bonds. The van der Waals surface area contributed by atoms with Crippen molar-refractivity contribution in [2.24, 2.45) is 0 Å². The molecule has 0 saturated heterocycles. The third kappa shape index (κ3) is 2.26. The Kier molecular flexibility index (Phi) is 2.97. The lowest BCUT2D eigenvalue weighted by Crippen LogP contribution is -1.95. The van der Waals surface area contributed by atoms with Crippen molar-refractivity contribution in [3.05, 3.63) is 35.4 Å². The minimum Gasteiger partial charge on any atom is -0.398 e. The highest BCUT2D eigenvalue weighted by Gasteiger charge is 2.05. The van der Waals surface area contributed by atoms with Gasteiger partial charge in [-0.15, -0.1) is 0 Å². The third-order valence-corrected chi connectivity index (χ3v) is 1.52. The highest BCUT2D eigenvalue weighted by Crippen LogP contribution is 2.19. The minimum atomic E-state index is -0.734. The number of rotatable bonds is 2. The molecule has 0 bridgehead atoms. The number of halogens is 2. The molecule has 4 heteroatoms. The molecule has 1 rings (SSSR count). The van der Waals surface area contributed by atoms with Crippen LogP contribution in [-0.2, 0) is 0 Å². The Labute approximate surface area is 74.3 Å². The number of nitrogen functional groups attached to an aromatic ring is 1. The van der Waals surface area contributed by atoms with Gasteiger partial charge in [-0.25, -0.2) is 8.78 Å². The lowest BCUT2D eigenvalue weighted by molar-refractivity contribution is 0.343. The highest BCUT2D eigenvalue weighted by molar-refractivity contribution is 5.64. The van der Waals surface area contributed by atoms with Crippen molar-refractivity contribution in [1.29, 1.82) is 0 Å². The fraction of sp³-hybridized carbons (Fsp3) is 0.111. The molecule has 0 atom stereocenters. The van der Waals surface area contributed by atoms with Gasteiger partial charge < -0.3 is 10.8 Å². The molecular formula is C9H9F2NO. The Morgan fingerprint density at radius 3 is 2.62 bits per heavy atom. The summed E-state index contributed by atoms with van der Waals surface area (Å²) in [6, 6.07) is 1.77. The Balaban J connectivity index is 3.13. The lowest BCUT2D eigenvalue weighted by atomic mass is 10.1. The first-order valence-electron chi connectivity index (χ1n) is 3.67. The van der Waals surface area contributed by atoms with Crippen molar-refractivity contribution in [2.75, 3.05) is 12.3 Å². The van der Waals surface area contributed by atoms with Crippen LogP contribution in [0.4, 0.5) is 14.5 Å². The molecule has 0 fully saturated rings. The van der Waals surface area contributed by atoms with Gasteiger partial charge in [-0.2, -0.15) is 0 Å². The number of benzene rings is 1. The van der Waals surface area contributed by atoms with Gasteiger partial charge in [0, 0.05) is 17.3 Å². The summed E-state index contributed by atoms with van der Waals surface area (Å²) in [4.78, 5) is 0. The second-order valence-corrected chi connectivity index (χ2v) is 2.48. The maximum atomic E-state index is 13.0. The number of hydrogen-bond acceptors (Lipinski definition) is 2. The predicted molar refractivity (Wildman–Crippen MR) is 46.9 cm³/mol. The molecule has 13 heavy (non-hydrogen) atoms. The summed E-state index contributed by atoms with van der Waals surface area (Å²) in [5, 5.41) is 8.44. The van der Waals surface area contributed by atoms with E-state index in [1.165, 1.54) is 12.2 Å². The van der Waals surface area contributed by atoms with Gasteiger partial charge in [0.2, 0.25) is 0 Å². The van der Waals surface area contributed by atoms with Crippen LogP contribution in [0, 0.1) is 11.6 Å². The van der Waals surface area contributed by atoms with E-state index in [-0.39, 0.29) is 17.9 Å². The van der Waals surface area contributed by atoms with Gasteiger partial charge in [-0.3, -0.25) is 0 Å². The Bertz CT molecular complexity index is 313. The second kappa shape index (κ2) is 4.00. The van der Waals surface area contributed by atoms with Gasteiger partial charge >= 0.3 is 0 Å². The zero-order chi connectivity index (χ0) is 9.84. The number of anilines is 1. The van der Waals surface area contributed by atoms with Crippen molar-refractivity contribution in [2.45, 2.75) is 0 Å². The summed E-state index contributed by atoms with van der Waals surface area (Å²) < 4.78 is 25.5. The second-order valence-electron chi connectivity index (χ2n) is 2.48. The fourth-order valence-corrected chi connectivity index (χ4v) is 0.951. The van der Waals surface area contributed by atoms with E-state index in [0.717, 1.165) is 12.1 Å². The van der Waals surface area contributed by atoms with Crippen LogP contribution in [0.1, 0.15) is 5.56 Å². The zero-order valence-electron chi connectivity index (χ0n) is 6.80. The molecule has 0 radical (unpaired) electrons. The summed E-state index contributed by atoms with van der Waals surface area (Å²) in [6.45, 7) is -0.212. The molecule has 0 heterocycles. The Morgan fingerprint density at radius 2 is 2.08 bits per heavy atom. The van der Waals surface area contributed by atoms with Crippen LogP contribution in [0.3, 0.4) is 0 Å². The molecular weight excluding hydrogens is 176 g/mol. The van der Waals surface area contributed by atoms with Crippen LogP contribution in [-0.4, -0.2) is 11.7 Å². The van der Waals surface area contributed by atoms with E-state index in [1.54, 1.807) is 0 Å². The van der Waals surface area contributed by atoms with Gasteiger partial charge in [0.25, 0.3) is 0 Å². The fourth-order valence-electron chi connectivity index (χ4n) is 0.951. The quantitative estimate of drug-likeness (QED) is 0.686. The number of aliphatic hydroxyl groups excluding tert-OH is 1. The van der Waals surface area contributed by atoms with Crippen LogP contribution >= 0.6 is 0 Å². The van der Waals surface area contributed by atoms with Crippen molar-refractivity contribution >= 4 is 11.8 Å². The van der Waals surface area contributed by atoms with Crippen LogP contribution in [0.15, 0.2) is 18.2 Å². The van der Waals surface area contributed by atoms with E-state index in [1.807, 2.05) is 0 Å². The van der Waals surface area contributed by atoms with Gasteiger partial charge in [-0.05, 0) is 6.07 Å². The first-order valence-corrected chi connectivity index (χ1v) is 3.67. The summed E-state index contributed by atoms with van der Waals surface area (Å²) in [5.41, 5.74) is 5.46. The number of aliphatic hydroxyl groups is 1. The summed E-state index contributed by atoms with van der Waals surface area (Å²) in [5.74, 6) is -1.45. The van der Waals surface area contributed by atoms with Gasteiger partial charge in [-0.1, -0.05) is 12.2 Å². The molecule has 0 aromatic heterocycles. The predicted octanol–water partition coefficient (Wildman–Crippen LogP) is 1.55. The standard InChI is InChI=1S/C9H9F2NO/c10-6-4-8(11)7(2-1-3-13)9(12)5-6/h1-2,4-5,13H,3,12H2. The number of nitrogens with two attached hydrogens (primary N) is 1. The molecule has 0 unspecified atom stereocenters. The normalized spacial score (nSPS) is 11.0. The lowest BCUT2D eigenvalue weighted by Gasteiger charge is -2.01. The molecule has 70 valence electrons. The Hall–Kier alpha value is -1.42. The first kappa shape index (κ1) is 9.67. The van der Waals surface area contributed by atoms with Crippen LogP contribution < -0.4 is 5.73 Å². The largest absolute Gasteiger partial charge is 0.398 e. The van der Waals surface area contributed by atoms with E-state index in [9.17, 15) is 8.78 Å². The summed E-state index contributed by atoms with van der Waals surface area (Å²) in [6.07, 6.45) is 2.64. The van der Waals surface area contributed by atoms with Gasteiger partial charge in [0.1, 0.15) is 11.6 Å². The van der Waals surface area contributed by atoms with Crippen molar-refractivity contribution in [3.8, 4) is 0 Å². The maximum absolute atomic E-state index is 13.0. The van der Waals surface area contributed by atoms with Crippen molar-refractivity contribution in [3.63, 3.8) is 0 Å². The maximum Gasteiger partial charge on any atom is 0.135 e. The SMILES string of the molecule is Nc1cc(F)cc(F)c1C=CCO. The minimum absolute atomic E-state index is 0.0159. The van der Waals surface area contributed by atoms with Crippen LogP contribution in [0.25, 0.3) is 6.08 Å². The topological polar surface area (TPSA) is 46.2 Å². The highest BCUT2D eigenvalue weighted by atomic mass is 19.1. The monoisotopic (exact) mass is 185 g/mol. The van der Waals surface area contributed by atoms with Crippen molar-refractivity contribution in [1.82, 2.24) is 0 Å². The van der Waals surface area contributed by atoms with Gasteiger partial charge in [0.15, 0.2) is 0 Å². The molecule has 3 N–H and O–H groups in total. The Morgan fingerprint density at radius 1 is 1.38 bits per heavy atom. The number of hydrogen-bond donors (Lipinski definition) is 2. The molecule has 2 nitrogen and oxygen atoms in total. The van der Waals surface area contributed by atoms with E-state index < -0.39 is 11.6 Å². The van der Waals surface area contributed by atoms with E-state index in [2.05, 4.69) is 0 Å². The molecule has 1 aromatic rings. The van der Waals surface area contributed by atoms with E-state index in [4.69, 9.17) is 10.8 Å². The molecule has 1 aromatic carbocycles. The van der Waals surface area contributed by atoms with E-state index in [0.29, 0.717) is 0 Å². The van der Waals surface area contributed by atoms with E-state index >= 15 is 0 Å². The third-order valence-electron chi connectivity index (χ3n) is 1.52. The molecule has 0 aliphatic carbocycles. The van der Waals surface area contributed by atoms with Crippen LogP contribution in [0.2, 0.25) is 0 Å². The van der Waals surface area contributed by atoms with Crippen molar-refractivity contribution < 1.29 is 13.9 Å². The zero-order valence-corrected chi connectivity index (χ0v) is 6.80. The molecule has 0 aliphatic rings. The molecule has 0 spiro atoms. The summed E-state index contributed by atoms with van der Waals surface area (Å²) >= 11 is 0. The van der Waals surface area contributed by atoms with Crippen LogP contribution in [0.5, 0.6) is 0 Å². The smallest absolute Gasteiger partial charge is 0.135 e. The average Bonchev–Trinajstić information content (AvgIpc) is 2.02.